The van der Waals surface area contributed by atoms with Crippen LogP contribution in [-0.4, -0.2) is 51.2 Å². The number of rotatable bonds is 7. The fourth-order valence-corrected chi connectivity index (χ4v) is 3.09. The number of ether oxygens (including phenoxy) is 1. The Morgan fingerprint density at radius 1 is 1.23 bits per heavy atom. The van der Waals surface area contributed by atoms with E-state index >= 15 is 0 Å². The van der Waals surface area contributed by atoms with Crippen LogP contribution in [0.3, 0.4) is 0 Å². The number of amides is 2. The molecular weight excluding hydrogens is 400 g/mol. The van der Waals surface area contributed by atoms with Crippen LogP contribution in [0.4, 0.5) is 17.2 Å². The predicted octanol–water partition coefficient (Wildman–Crippen LogP) is 1.73. The SMILES string of the molecule is CNC(=O)c1cnc(NC(=O)C2CC2)cc1Nc1cccc(-c2nnn(C)n2)c1OC. The number of carbonyl (C=O) groups is 2. The van der Waals surface area contributed by atoms with Crippen LogP contribution in [0.2, 0.25) is 0 Å². The van der Waals surface area contributed by atoms with Crippen LogP contribution in [0.5, 0.6) is 5.75 Å². The van der Waals surface area contributed by atoms with Gasteiger partial charge in [-0.3, -0.25) is 9.59 Å². The van der Waals surface area contributed by atoms with Gasteiger partial charge in [-0.1, -0.05) is 6.07 Å². The largest absolute Gasteiger partial charge is 0.494 e. The third kappa shape index (κ3) is 4.29. The number of anilines is 3. The number of nitrogens with one attached hydrogen (secondary N) is 3. The van der Waals surface area contributed by atoms with Crippen molar-refractivity contribution in [2.75, 3.05) is 24.8 Å². The normalized spacial score (nSPS) is 12.9. The van der Waals surface area contributed by atoms with E-state index in [4.69, 9.17) is 4.74 Å². The number of aryl methyl sites for hydroxylation is 1. The highest BCUT2D eigenvalue weighted by molar-refractivity contribution is 6.01. The standard InChI is InChI=1S/C20H22N8O3/c1-21-20(30)13-10-22-16(24-19(29)11-7-8-11)9-15(13)23-14-6-4-5-12(17(14)31-3)18-25-27-28(2)26-18/h4-6,9-11H,7-8H2,1-3H3,(H,21,30)(H2,22,23,24,29). The van der Waals surface area contributed by atoms with Crippen LogP contribution in [-0.2, 0) is 11.8 Å². The summed E-state index contributed by atoms with van der Waals surface area (Å²) in [6.45, 7) is 0. The number of hydrogen-bond acceptors (Lipinski definition) is 8. The third-order valence-corrected chi connectivity index (χ3v) is 4.81. The van der Waals surface area contributed by atoms with Crippen molar-refractivity contribution in [2.24, 2.45) is 13.0 Å². The predicted molar refractivity (Wildman–Crippen MR) is 113 cm³/mol. The quantitative estimate of drug-likeness (QED) is 0.524. The van der Waals surface area contributed by atoms with Crippen molar-refractivity contribution in [1.29, 1.82) is 0 Å². The van der Waals surface area contributed by atoms with E-state index in [0.717, 1.165) is 12.8 Å². The number of nitrogens with zero attached hydrogens (tertiary/aromatic N) is 5. The van der Waals surface area contributed by atoms with Gasteiger partial charge >= 0.3 is 0 Å². The van der Waals surface area contributed by atoms with E-state index in [1.54, 1.807) is 19.2 Å². The molecule has 1 fully saturated rings. The lowest BCUT2D eigenvalue weighted by atomic mass is 10.1. The Labute approximate surface area is 178 Å². The Balaban J connectivity index is 1.71. The minimum atomic E-state index is -0.319. The fourth-order valence-electron chi connectivity index (χ4n) is 3.09. The van der Waals surface area contributed by atoms with Gasteiger partial charge in [-0.05, 0) is 30.2 Å². The first-order valence-electron chi connectivity index (χ1n) is 9.71. The summed E-state index contributed by atoms with van der Waals surface area (Å²) in [5.41, 5.74) is 2.00. The first-order chi connectivity index (χ1) is 15.0. The lowest BCUT2D eigenvalue weighted by Crippen LogP contribution is -2.20. The molecule has 3 aromatic rings. The molecule has 11 heteroatoms. The van der Waals surface area contributed by atoms with Crippen molar-refractivity contribution >= 4 is 29.0 Å². The van der Waals surface area contributed by atoms with Gasteiger partial charge < -0.3 is 20.7 Å². The lowest BCUT2D eigenvalue weighted by Gasteiger charge is -2.16. The minimum Gasteiger partial charge on any atom is -0.494 e. The van der Waals surface area contributed by atoms with Crippen molar-refractivity contribution in [2.45, 2.75) is 12.8 Å². The molecule has 1 aliphatic carbocycles. The number of para-hydroxylation sites is 1. The second-order valence-corrected chi connectivity index (χ2v) is 7.07. The van der Waals surface area contributed by atoms with Crippen molar-refractivity contribution in [1.82, 2.24) is 30.5 Å². The van der Waals surface area contributed by atoms with Gasteiger partial charge in [-0.15, -0.1) is 10.2 Å². The number of benzene rings is 1. The zero-order valence-corrected chi connectivity index (χ0v) is 17.3. The Morgan fingerprint density at radius 2 is 2.03 bits per heavy atom. The number of carbonyl (C=O) groups excluding carboxylic acids is 2. The highest BCUT2D eigenvalue weighted by Crippen LogP contribution is 2.37. The van der Waals surface area contributed by atoms with Crippen molar-refractivity contribution in [3.8, 4) is 17.1 Å². The van der Waals surface area contributed by atoms with Crippen LogP contribution in [0.25, 0.3) is 11.4 Å². The van der Waals surface area contributed by atoms with E-state index in [9.17, 15) is 9.59 Å². The molecule has 1 aromatic carbocycles. The highest BCUT2D eigenvalue weighted by Gasteiger charge is 2.30. The number of tetrazole rings is 1. The minimum absolute atomic E-state index is 0.0353. The summed E-state index contributed by atoms with van der Waals surface area (Å²) in [6.07, 6.45) is 3.19. The van der Waals surface area contributed by atoms with Crippen LogP contribution in [0.1, 0.15) is 23.2 Å². The molecule has 11 nitrogen and oxygen atoms in total. The molecule has 1 aliphatic rings. The van der Waals surface area contributed by atoms with Gasteiger partial charge in [0.25, 0.3) is 5.91 Å². The van der Waals surface area contributed by atoms with Crippen molar-refractivity contribution < 1.29 is 14.3 Å². The first-order valence-corrected chi connectivity index (χ1v) is 9.71. The second-order valence-electron chi connectivity index (χ2n) is 7.07. The molecule has 0 unspecified atom stereocenters. The fraction of sp³-hybridized carbons (Fsp3) is 0.300. The maximum Gasteiger partial charge on any atom is 0.254 e. The summed E-state index contributed by atoms with van der Waals surface area (Å²) in [5, 5.41) is 20.8. The second kappa shape index (κ2) is 8.38. The van der Waals surface area contributed by atoms with E-state index in [2.05, 4.69) is 36.3 Å². The highest BCUT2D eigenvalue weighted by atomic mass is 16.5. The zero-order valence-electron chi connectivity index (χ0n) is 17.3. The topological polar surface area (TPSA) is 136 Å². The molecule has 160 valence electrons. The molecule has 0 saturated heterocycles. The van der Waals surface area contributed by atoms with Crippen molar-refractivity contribution in [3.63, 3.8) is 0 Å². The average molecular weight is 422 g/mol. The Morgan fingerprint density at radius 3 is 2.68 bits per heavy atom. The first kappa shape index (κ1) is 20.3. The van der Waals surface area contributed by atoms with E-state index in [1.165, 1.54) is 25.2 Å². The Hall–Kier alpha value is -4.02. The van der Waals surface area contributed by atoms with Crippen LogP contribution >= 0.6 is 0 Å². The molecule has 0 radical (unpaired) electrons. The maximum atomic E-state index is 12.4. The summed E-state index contributed by atoms with van der Waals surface area (Å²) >= 11 is 0. The summed E-state index contributed by atoms with van der Waals surface area (Å²) in [6, 6.07) is 7.05. The van der Waals surface area contributed by atoms with Gasteiger partial charge in [0, 0.05) is 25.2 Å². The zero-order chi connectivity index (χ0) is 22.0. The Kier molecular flexibility index (Phi) is 5.48. The van der Waals surface area contributed by atoms with E-state index in [0.29, 0.717) is 39.9 Å². The summed E-state index contributed by atoms with van der Waals surface area (Å²) in [4.78, 5) is 30.1. The number of aromatic nitrogens is 5. The van der Waals surface area contributed by atoms with Crippen LogP contribution < -0.4 is 20.7 Å². The van der Waals surface area contributed by atoms with Gasteiger partial charge in [0.15, 0.2) is 5.75 Å². The number of pyridine rings is 1. The molecule has 2 amide bonds. The molecule has 1 saturated carbocycles. The molecule has 2 heterocycles. The molecule has 0 atom stereocenters. The van der Waals surface area contributed by atoms with Gasteiger partial charge in [0.2, 0.25) is 11.7 Å². The monoisotopic (exact) mass is 422 g/mol. The maximum absolute atomic E-state index is 12.4. The molecule has 2 aromatic heterocycles. The molecule has 0 spiro atoms. The summed E-state index contributed by atoms with van der Waals surface area (Å²) in [5.74, 6) is 0.895. The number of hydrogen-bond donors (Lipinski definition) is 3. The lowest BCUT2D eigenvalue weighted by molar-refractivity contribution is -0.117. The third-order valence-electron chi connectivity index (χ3n) is 4.81. The van der Waals surface area contributed by atoms with Gasteiger partial charge in [-0.25, -0.2) is 4.98 Å². The van der Waals surface area contributed by atoms with Crippen molar-refractivity contribution in [3.05, 3.63) is 36.0 Å². The molecule has 0 aliphatic heterocycles. The molecule has 0 bridgehead atoms. The molecule has 3 N–H and O–H groups in total. The van der Waals surface area contributed by atoms with Gasteiger partial charge in [0.05, 0.1) is 36.7 Å². The van der Waals surface area contributed by atoms with Gasteiger partial charge in [-0.2, -0.15) is 4.80 Å². The van der Waals surface area contributed by atoms with E-state index in [1.807, 2.05) is 12.1 Å². The van der Waals surface area contributed by atoms with E-state index in [-0.39, 0.29) is 17.7 Å². The smallest absolute Gasteiger partial charge is 0.254 e. The molecule has 31 heavy (non-hydrogen) atoms. The van der Waals surface area contributed by atoms with Gasteiger partial charge in [0.1, 0.15) is 5.82 Å². The average Bonchev–Trinajstić information content (AvgIpc) is 3.54. The van der Waals surface area contributed by atoms with Crippen LogP contribution in [0, 0.1) is 5.92 Å². The summed E-state index contributed by atoms with van der Waals surface area (Å²) in [7, 11) is 4.75. The summed E-state index contributed by atoms with van der Waals surface area (Å²) < 4.78 is 5.61. The molecule has 4 rings (SSSR count). The van der Waals surface area contributed by atoms with E-state index < -0.39 is 0 Å². The molecular formula is C20H22N8O3. The van der Waals surface area contributed by atoms with Crippen LogP contribution in [0.15, 0.2) is 30.5 Å². The number of methoxy groups -OCH3 is 1. The Bertz CT molecular complexity index is 1140.